The molecule has 0 saturated heterocycles. The van der Waals surface area contributed by atoms with Crippen LogP contribution in [0.15, 0.2) is 47.4 Å². The summed E-state index contributed by atoms with van der Waals surface area (Å²) in [6.45, 7) is 0. The molecule has 4 N–H and O–H groups in total. The van der Waals surface area contributed by atoms with Crippen molar-refractivity contribution in [2.75, 3.05) is 17.0 Å². The lowest BCUT2D eigenvalue weighted by Gasteiger charge is -2.10. The molecule has 0 aliphatic rings. The van der Waals surface area contributed by atoms with Gasteiger partial charge in [-0.25, -0.2) is 0 Å². The Labute approximate surface area is 120 Å². The Kier molecular flexibility index (Phi) is 4.44. The Morgan fingerprint density at radius 2 is 1.80 bits per heavy atom. The molecule has 0 bridgehead atoms. The van der Waals surface area contributed by atoms with Crippen molar-refractivity contribution in [3.8, 4) is 0 Å². The van der Waals surface area contributed by atoms with E-state index in [4.69, 9.17) is 5.84 Å². The lowest BCUT2D eigenvalue weighted by atomic mass is 10.2. The molecular weight excluding hydrogens is 276 g/mol. The minimum Gasteiger partial charge on any atom is -0.350 e. The Hall–Kier alpha value is -2.25. The van der Waals surface area contributed by atoms with Gasteiger partial charge < -0.3 is 10.7 Å². The van der Waals surface area contributed by atoms with Crippen molar-refractivity contribution in [3.63, 3.8) is 0 Å². The van der Waals surface area contributed by atoms with Crippen molar-refractivity contribution >= 4 is 34.5 Å². The highest BCUT2D eigenvalue weighted by atomic mass is 32.2. The molecule has 2 aromatic rings. The third-order valence-electron chi connectivity index (χ3n) is 2.74. The monoisotopic (exact) mass is 290 g/mol. The van der Waals surface area contributed by atoms with Crippen molar-refractivity contribution in [1.29, 1.82) is 0 Å². The predicted octanol–water partition coefficient (Wildman–Crippen LogP) is 3.35. The van der Waals surface area contributed by atoms with Crippen LogP contribution in [0.5, 0.6) is 0 Å². The molecular formula is C13H14N4O2S. The van der Waals surface area contributed by atoms with Crippen molar-refractivity contribution < 1.29 is 4.92 Å². The van der Waals surface area contributed by atoms with Crippen molar-refractivity contribution in [1.82, 2.24) is 0 Å². The molecule has 20 heavy (non-hydrogen) atoms. The van der Waals surface area contributed by atoms with E-state index in [9.17, 15) is 10.1 Å². The van der Waals surface area contributed by atoms with E-state index in [1.165, 1.54) is 0 Å². The number of rotatable bonds is 5. The molecule has 0 saturated carbocycles. The number of thioether (sulfide) groups is 1. The zero-order valence-corrected chi connectivity index (χ0v) is 11.6. The Bertz CT molecular complexity index is 616. The molecule has 0 amide bonds. The van der Waals surface area contributed by atoms with E-state index in [1.807, 2.05) is 30.5 Å². The van der Waals surface area contributed by atoms with Gasteiger partial charge in [-0.2, -0.15) is 0 Å². The van der Waals surface area contributed by atoms with Crippen molar-refractivity contribution in [2.45, 2.75) is 4.90 Å². The minimum atomic E-state index is -0.464. The second-order valence-electron chi connectivity index (χ2n) is 3.96. The highest BCUT2D eigenvalue weighted by molar-refractivity contribution is 7.98. The highest BCUT2D eigenvalue weighted by Gasteiger charge is 2.19. The molecule has 104 valence electrons. The van der Waals surface area contributed by atoms with Gasteiger partial charge in [-0.3, -0.25) is 16.0 Å². The van der Waals surface area contributed by atoms with Gasteiger partial charge in [-0.15, -0.1) is 11.8 Å². The molecule has 0 fully saturated rings. The molecule has 0 atom stereocenters. The van der Waals surface area contributed by atoms with Crippen LogP contribution in [-0.4, -0.2) is 11.2 Å². The standard InChI is InChI=1S/C13H14N4O2S/c1-20-10-7-5-9(6-8-10)15-11-3-2-4-12(16-14)13(11)17(18)19/h2-8,15-16H,14H2,1H3. The normalized spacial score (nSPS) is 10.1. The number of nitro groups is 1. The first kappa shape index (κ1) is 14.2. The summed E-state index contributed by atoms with van der Waals surface area (Å²) in [5.41, 5.74) is 3.69. The summed E-state index contributed by atoms with van der Waals surface area (Å²) >= 11 is 1.64. The number of benzene rings is 2. The van der Waals surface area contributed by atoms with Crippen LogP contribution in [0.4, 0.5) is 22.7 Å². The van der Waals surface area contributed by atoms with Crippen LogP contribution in [0.3, 0.4) is 0 Å². The molecule has 2 rings (SSSR count). The molecule has 0 radical (unpaired) electrons. The van der Waals surface area contributed by atoms with Gasteiger partial charge in [0.2, 0.25) is 0 Å². The van der Waals surface area contributed by atoms with Gasteiger partial charge in [0.05, 0.1) is 4.92 Å². The molecule has 0 aromatic heterocycles. The first-order chi connectivity index (χ1) is 9.65. The topological polar surface area (TPSA) is 93.2 Å². The van der Waals surface area contributed by atoms with Crippen LogP contribution in [0.2, 0.25) is 0 Å². The zero-order valence-electron chi connectivity index (χ0n) is 10.8. The van der Waals surface area contributed by atoms with Crippen LogP contribution in [0.25, 0.3) is 0 Å². The summed E-state index contributed by atoms with van der Waals surface area (Å²) in [5.74, 6) is 5.30. The maximum atomic E-state index is 11.2. The Morgan fingerprint density at radius 1 is 1.15 bits per heavy atom. The second kappa shape index (κ2) is 6.27. The number of nitrogens with two attached hydrogens (primary N) is 1. The second-order valence-corrected chi connectivity index (χ2v) is 4.84. The number of para-hydroxylation sites is 1. The number of nitro benzene ring substituents is 1. The summed E-state index contributed by atoms with van der Waals surface area (Å²) in [7, 11) is 0. The molecule has 2 aromatic carbocycles. The van der Waals surface area contributed by atoms with E-state index >= 15 is 0 Å². The molecule has 0 heterocycles. The van der Waals surface area contributed by atoms with Crippen LogP contribution < -0.4 is 16.6 Å². The summed E-state index contributed by atoms with van der Waals surface area (Å²) in [5, 5.41) is 14.2. The largest absolute Gasteiger partial charge is 0.350 e. The van der Waals surface area contributed by atoms with Gasteiger partial charge >= 0.3 is 5.69 Å². The Balaban J connectivity index is 2.34. The summed E-state index contributed by atoms with van der Waals surface area (Å²) in [4.78, 5) is 11.8. The molecule has 6 nitrogen and oxygen atoms in total. The zero-order chi connectivity index (χ0) is 14.5. The minimum absolute atomic E-state index is 0.0797. The number of anilines is 3. The number of nitrogens with zero attached hydrogens (tertiary/aromatic N) is 1. The average Bonchev–Trinajstić information content (AvgIpc) is 2.47. The van der Waals surface area contributed by atoms with Crippen LogP contribution in [0, 0.1) is 10.1 Å². The molecule has 0 spiro atoms. The van der Waals surface area contributed by atoms with Crippen LogP contribution in [0.1, 0.15) is 0 Å². The van der Waals surface area contributed by atoms with E-state index in [-0.39, 0.29) is 11.4 Å². The number of hydrogen-bond acceptors (Lipinski definition) is 6. The van der Waals surface area contributed by atoms with Gasteiger partial charge in [-0.05, 0) is 42.7 Å². The highest BCUT2D eigenvalue weighted by Crippen LogP contribution is 2.34. The van der Waals surface area contributed by atoms with E-state index in [0.717, 1.165) is 10.6 Å². The van der Waals surface area contributed by atoms with E-state index in [0.29, 0.717) is 5.69 Å². The first-order valence-corrected chi connectivity index (χ1v) is 7.03. The predicted molar refractivity (Wildman–Crippen MR) is 82.4 cm³/mol. The van der Waals surface area contributed by atoms with Gasteiger partial charge in [-0.1, -0.05) is 6.07 Å². The summed E-state index contributed by atoms with van der Waals surface area (Å²) < 4.78 is 0. The van der Waals surface area contributed by atoms with Gasteiger partial charge in [0.15, 0.2) is 0 Å². The van der Waals surface area contributed by atoms with Crippen LogP contribution >= 0.6 is 11.8 Å². The molecule has 0 unspecified atom stereocenters. The van der Waals surface area contributed by atoms with Crippen molar-refractivity contribution in [2.24, 2.45) is 5.84 Å². The van der Waals surface area contributed by atoms with E-state index in [2.05, 4.69) is 10.7 Å². The van der Waals surface area contributed by atoms with Crippen molar-refractivity contribution in [3.05, 3.63) is 52.6 Å². The quantitative estimate of drug-likeness (QED) is 0.338. The van der Waals surface area contributed by atoms with Gasteiger partial charge in [0.25, 0.3) is 0 Å². The van der Waals surface area contributed by atoms with E-state index in [1.54, 1.807) is 30.0 Å². The Morgan fingerprint density at radius 3 is 2.35 bits per heavy atom. The van der Waals surface area contributed by atoms with Gasteiger partial charge in [0.1, 0.15) is 11.4 Å². The molecule has 0 aliphatic heterocycles. The lowest BCUT2D eigenvalue weighted by Crippen LogP contribution is -2.10. The van der Waals surface area contributed by atoms with Gasteiger partial charge in [0, 0.05) is 10.6 Å². The number of hydrazine groups is 1. The maximum Gasteiger partial charge on any atom is 0.316 e. The fraction of sp³-hybridized carbons (Fsp3) is 0.0769. The van der Waals surface area contributed by atoms with E-state index < -0.39 is 4.92 Å². The molecule has 7 heteroatoms. The number of hydrogen-bond donors (Lipinski definition) is 3. The maximum absolute atomic E-state index is 11.2. The fourth-order valence-corrected chi connectivity index (χ4v) is 2.20. The van der Waals surface area contributed by atoms with Crippen LogP contribution in [-0.2, 0) is 0 Å². The summed E-state index contributed by atoms with van der Waals surface area (Å²) in [6.07, 6.45) is 1.99. The summed E-state index contributed by atoms with van der Waals surface area (Å²) in [6, 6.07) is 12.5. The lowest BCUT2D eigenvalue weighted by molar-refractivity contribution is -0.383. The number of nitrogens with one attached hydrogen (secondary N) is 2. The average molecular weight is 290 g/mol. The smallest absolute Gasteiger partial charge is 0.316 e. The SMILES string of the molecule is CSc1ccc(Nc2cccc(NN)c2[N+](=O)[O-])cc1. The number of nitrogen functional groups attached to an aromatic ring is 1. The third-order valence-corrected chi connectivity index (χ3v) is 3.49. The fourth-order valence-electron chi connectivity index (χ4n) is 1.79. The third kappa shape index (κ3) is 3.01. The molecule has 0 aliphatic carbocycles. The first-order valence-electron chi connectivity index (χ1n) is 5.81.